The minimum atomic E-state index is 0.152. The zero-order chi connectivity index (χ0) is 25.0. The lowest BCUT2D eigenvalue weighted by atomic mass is 9.80. The van der Waals surface area contributed by atoms with E-state index in [-0.39, 0.29) is 5.41 Å². The smallest absolute Gasteiger partial charge is 0.0516 e. The molecule has 1 saturated heterocycles. The Morgan fingerprint density at radius 2 is 1.23 bits per heavy atom. The zero-order valence-electron chi connectivity index (χ0n) is 22.5. The van der Waals surface area contributed by atoms with E-state index in [1.54, 1.807) is 0 Å². The lowest BCUT2D eigenvalue weighted by Gasteiger charge is -2.39. The molecule has 1 aliphatic heterocycles. The topological polar surface area (TPSA) is 6.48 Å². The molecule has 1 unspecified atom stereocenters. The van der Waals surface area contributed by atoms with Crippen molar-refractivity contribution in [3.05, 3.63) is 96.1 Å². The molecule has 1 atom stereocenters. The normalized spacial score (nSPS) is 16.0. The highest BCUT2D eigenvalue weighted by atomic mass is 15.4. The molecule has 4 aromatic rings. The van der Waals surface area contributed by atoms with Crippen molar-refractivity contribution in [2.24, 2.45) is 11.3 Å². The van der Waals surface area contributed by atoms with Gasteiger partial charge in [0.25, 0.3) is 0 Å². The Bertz CT molecular complexity index is 1240. The summed E-state index contributed by atoms with van der Waals surface area (Å²) in [4.78, 5) is 5.29. The second-order valence-corrected chi connectivity index (χ2v) is 11.7. The van der Waals surface area contributed by atoms with E-state index in [0.717, 1.165) is 32.2 Å². The van der Waals surface area contributed by atoms with Crippen LogP contribution in [0.5, 0.6) is 0 Å². The van der Waals surface area contributed by atoms with E-state index in [1.165, 1.54) is 32.7 Å². The minimum absolute atomic E-state index is 0.152. The minimum Gasteiger partial charge on any atom is -0.285 e. The first-order valence-corrected chi connectivity index (χ1v) is 13.1. The molecular weight excluding hydrogens is 424 g/mol. The van der Waals surface area contributed by atoms with Crippen molar-refractivity contribution in [2.45, 2.75) is 54.1 Å². The molecule has 5 rings (SSSR count). The lowest BCUT2D eigenvalue weighted by Crippen LogP contribution is -2.36. The molecule has 0 saturated carbocycles. The van der Waals surface area contributed by atoms with E-state index in [4.69, 9.17) is 0 Å². The number of benzene rings is 4. The van der Waals surface area contributed by atoms with Gasteiger partial charge in [-0.1, -0.05) is 126 Å². The van der Waals surface area contributed by atoms with E-state index in [0.29, 0.717) is 6.04 Å². The molecule has 0 aliphatic carbocycles. The van der Waals surface area contributed by atoms with Gasteiger partial charge in [0.15, 0.2) is 0 Å². The molecule has 184 valence electrons. The molecule has 0 aromatic heterocycles. The molecule has 35 heavy (non-hydrogen) atoms. The Morgan fingerprint density at radius 3 is 1.89 bits per heavy atom. The maximum Gasteiger partial charge on any atom is 0.0516 e. The van der Waals surface area contributed by atoms with Crippen LogP contribution in [0.4, 0.5) is 0 Å². The van der Waals surface area contributed by atoms with Gasteiger partial charge in [-0.15, -0.1) is 0 Å². The average molecular weight is 467 g/mol. The number of nitrogens with zero attached hydrogens (tertiary/aromatic N) is 2. The van der Waals surface area contributed by atoms with Gasteiger partial charge in [-0.2, -0.15) is 0 Å². The average Bonchev–Trinajstić information content (AvgIpc) is 3.26. The number of fused-ring (bicyclic) bond motifs is 2. The van der Waals surface area contributed by atoms with Crippen LogP contribution in [0.1, 0.15) is 58.7 Å². The van der Waals surface area contributed by atoms with Crippen LogP contribution < -0.4 is 0 Å². The Hall–Kier alpha value is -2.68. The van der Waals surface area contributed by atoms with Crippen molar-refractivity contribution in [1.82, 2.24) is 9.80 Å². The van der Waals surface area contributed by atoms with Crippen LogP contribution in [0, 0.1) is 11.3 Å². The first kappa shape index (κ1) is 25.4. The number of hydrogen-bond acceptors (Lipinski definition) is 2. The van der Waals surface area contributed by atoms with Gasteiger partial charge in [0.05, 0.1) is 6.67 Å². The quantitative estimate of drug-likeness (QED) is 0.297. The molecule has 0 bridgehead atoms. The summed E-state index contributed by atoms with van der Waals surface area (Å²) in [5, 5.41) is 5.43. The number of hydrogen-bond donors (Lipinski definition) is 0. The predicted molar refractivity (Wildman–Crippen MR) is 153 cm³/mol. The van der Waals surface area contributed by atoms with Crippen LogP contribution in [0.15, 0.2) is 84.9 Å². The molecule has 1 aliphatic rings. The van der Waals surface area contributed by atoms with Crippen molar-refractivity contribution in [3.8, 4) is 0 Å². The molecule has 1 fully saturated rings. The third-order valence-electron chi connectivity index (χ3n) is 6.66. The van der Waals surface area contributed by atoms with Crippen LogP contribution in [-0.4, -0.2) is 29.6 Å². The van der Waals surface area contributed by atoms with Crippen LogP contribution >= 0.6 is 0 Å². The van der Waals surface area contributed by atoms with Gasteiger partial charge in [-0.3, -0.25) is 9.80 Å². The fourth-order valence-corrected chi connectivity index (χ4v) is 5.38. The number of rotatable bonds is 4. The predicted octanol–water partition coefficient (Wildman–Crippen LogP) is 8.52. The molecule has 0 N–H and O–H groups in total. The summed E-state index contributed by atoms with van der Waals surface area (Å²) in [6.07, 6.45) is 0. The van der Waals surface area contributed by atoms with Crippen LogP contribution in [0.25, 0.3) is 21.5 Å². The van der Waals surface area contributed by atoms with Crippen LogP contribution in [0.3, 0.4) is 0 Å². The van der Waals surface area contributed by atoms with E-state index in [2.05, 4.69) is 136 Å². The van der Waals surface area contributed by atoms with Crippen LogP contribution in [0.2, 0.25) is 0 Å². The fourth-order valence-electron chi connectivity index (χ4n) is 5.38. The van der Waals surface area contributed by atoms with Gasteiger partial charge < -0.3 is 0 Å². The maximum absolute atomic E-state index is 2.69. The summed E-state index contributed by atoms with van der Waals surface area (Å²) in [6.45, 7) is 17.9. The van der Waals surface area contributed by atoms with Crippen molar-refractivity contribution < 1.29 is 0 Å². The van der Waals surface area contributed by atoms with Crippen molar-refractivity contribution in [1.29, 1.82) is 0 Å². The van der Waals surface area contributed by atoms with Crippen LogP contribution in [-0.2, 0) is 6.54 Å². The second-order valence-electron chi connectivity index (χ2n) is 11.7. The Kier molecular flexibility index (Phi) is 7.94. The van der Waals surface area contributed by atoms with E-state index < -0.39 is 0 Å². The zero-order valence-corrected chi connectivity index (χ0v) is 22.5. The Labute approximate surface area is 212 Å². The molecule has 0 radical (unpaired) electrons. The maximum atomic E-state index is 2.69. The van der Waals surface area contributed by atoms with E-state index in [1.807, 2.05) is 0 Å². The lowest BCUT2D eigenvalue weighted by molar-refractivity contribution is 0.103. The Morgan fingerprint density at radius 1 is 0.686 bits per heavy atom. The highest BCUT2D eigenvalue weighted by Gasteiger charge is 2.36. The van der Waals surface area contributed by atoms with Gasteiger partial charge in [0.1, 0.15) is 0 Å². The molecule has 1 heterocycles. The fraction of sp³-hybridized carbons (Fsp3) is 0.394. The third-order valence-corrected chi connectivity index (χ3v) is 6.66. The van der Waals surface area contributed by atoms with Crippen molar-refractivity contribution >= 4 is 21.5 Å². The molecule has 2 heteroatoms. The van der Waals surface area contributed by atoms with Crippen molar-refractivity contribution in [3.63, 3.8) is 0 Å². The third kappa shape index (κ3) is 6.12. The van der Waals surface area contributed by atoms with Gasteiger partial charge in [-0.05, 0) is 44.0 Å². The molecule has 0 spiro atoms. The van der Waals surface area contributed by atoms with Gasteiger partial charge in [0.2, 0.25) is 0 Å². The SMILES string of the molecule is CC(C)(C)C(c1cccc2ccccc12)N1CCN(Cc2cccc3ccccc23)C1.CC(C)C. The largest absolute Gasteiger partial charge is 0.285 e. The highest BCUT2D eigenvalue weighted by molar-refractivity contribution is 5.86. The monoisotopic (exact) mass is 466 g/mol. The summed E-state index contributed by atoms with van der Waals surface area (Å²) in [7, 11) is 0. The first-order valence-electron chi connectivity index (χ1n) is 13.1. The highest BCUT2D eigenvalue weighted by Crippen LogP contribution is 2.42. The van der Waals surface area contributed by atoms with Crippen molar-refractivity contribution in [2.75, 3.05) is 19.8 Å². The summed E-state index contributed by atoms with van der Waals surface area (Å²) in [5.41, 5.74) is 3.04. The van der Waals surface area contributed by atoms with E-state index in [9.17, 15) is 0 Å². The molecule has 2 nitrogen and oxygen atoms in total. The summed E-state index contributed by atoms with van der Waals surface area (Å²) in [6, 6.07) is 31.4. The summed E-state index contributed by atoms with van der Waals surface area (Å²) in [5.74, 6) is 0.833. The first-order chi connectivity index (χ1) is 16.7. The summed E-state index contributed by atoms with van der Waals surface area (Å²) < 4.78 is 0. The summed E-state index contributed by atoms with van der Waals surface area (Å²) >= 11 is 0. The van der Waals surface area contributed by atoms with Gasteiger partial charge in [-0.25, -0.2) is 0 Å². The molecule has 0 amide bonds. The Balaban J connectivity index is 0.000000672. The molecule has 4 aromatic carbocycles. The van der Waals surface area contributed by atoms with Gasteiger partial charge >= 0.3 is 0 Å². The molecular formula is C33H42N2. The van der Waals surface area contributed by atoms with Gasteiger partial charge in [0, 0.05) is 25.7 Å². The standard InChI is InChI=1S/C29H32N2.C4H10/c1-29(2,3)28(27-17-9-13-23-11-5-7-16-26(23)27)31-19-18-30(21-31)20-24-14-8-12-22-10-4-6-15-25(22)24;1-4(2)3/h4-17,28H,18-21H2,1-3H3;4H,1-3H3. The van der Waals surface area contributed by atoms with E-state index >= 15 is 0 Å². The second kappa shape index (κ2) is 10.9.